The highest BCUT2D eigenvalue weighted by molar-refractivity contribution is 5.84. The number of aromatic nitrogens is 2. The maximum Gasteiger partial charge on any atom is 0.258 e. The van der Waals surface area contributed by atoms with Gasteiger partial charge in [0, 0.05) is 25.9 Å². The van der Waals surface area contributed by atoms with E-state index in [1.54, 1.807) is 0 Å². The lowest BCUT2D eigenvalue weighted by Crippen LogP contribution is -2.51. The topological polar surface area (TPSA) is 82.6 Å². The molecule has 1 spiro atoms. The summed E-state index contributed by atoms with van der Waals surface area (Å²) >= 11 is 0. The Hall–Kier alpha value is -2.25. The lowest BCUT2D eigenvalue weighted by molar-refractivity contribution is -0.144. The van der Waals surface area contributed by atoms with Gasteiger partial charge in [-0.2, -0.15) is 0 Å². The van der Waals surface area contributed by atoms with E-state index in [2.05, 4.69) is 15.3 Å². The van der Waals surface area contributed by atoms with Gasteiger partial charge in [-0.25, -0.2) is 9.97 Å². The largest absolute Gasteiger partial charge is 0.467 e. The van der Waals surface area contributed by atoms with E-state index in [-0.39, 0.29) is 24.2 Å². The van der Waals surface area contributed by atoms with Crippen molar-refractivity contribution < 1.29 is 19.0 Å². The Kier molecular flexibility index (Phi) is 4.99. The lowest BCUT2D eigenvalue weighted by atomic mass is 9.84. The molecule has 0 unspecified atom stereocenters. The average Bonchev–Trinajstić information content (AvgIpc) is 2.67. The first-order valence-electron chi connectivity index (χ1n) is 9.08. The third kappa shape index (κ3) is 3.78. The molecule has 1 N–H and O–H groups in total. The van der Waals surface area contributed by atoms with E-state index in [0.717, 1.165) is 49.8 Å². The third-order valence-electron chi connectivity index (χ3n) is 5.11. The normalized spacial score (nSPS) is 22.2. The second-order valence-corrected chi connectivity index (χ2v) is 6.89. The molecule has 7 nitrogen and oxygen atoms in total. The molecule has 0 aliphatic carbocycles. The fourth-order valence-electron chi connectivity index (χ4n) is 3.74. The van der Waals surface area contributed by atoms with Gasteiger partial charge >= 0.3 is 0 Å². The number of hydrogen-bond donors (Lipinski definition) is 1. The van der Waals surface area contributed by atoms with E-state index in [4.69, 9.17) is 14.2 Å². The highest BCUT2D eigenvalue weighted by Crippen LogP contribution is 2.34. The predicted molar refractivity (Wildman–Crippen MR) is 94.9 cm³/mol. The molecule has 2 aliphatic rings. The number of fused-ring (bicyclic) bond motifs is 1. The van der Waals surface area contributed by atoms with Crippen LogP contribution in [0.2, 0.25) is 0 Å². The zero-order valence-electron chi connectivity index (χ0n) is 14.6. The van der Waals surface area contributed by atoms with Gasteiger partial charge < -0.3 is 19.5 Å². The molecule has 2 saturated heterocycles. The van der Waals surface area contributed by atoms with E-state index in [1.807, 2.05) is 24.3 Å². The lowest BCUT2D eigenvalue weighted by Gasteiger charge is -2.43. The number of amides is 1. The number of nitrogens with one attached hydrogen (secondary N) is 1. The van der Waals surface area contributed by atoms with Crippen LogP contribution in [0.25, 0.3) is 10.9 Å². The van der Waals surface area contributed by atoms with E-state index >= 15 is 0 Å². The first-order chi connectivity index (χ1) is 12.7. The van der Waals surface area contributed by atoms with Gasteiger partial charge in [0.1, 0.15) is 6.33 Å². The Morgan fingerprint density at radius 2 is 2.08 bits per heavy atom. The minimum atomic E-state index is -0.141. The van der Waals surface area contributed by atoms with Crippen LogP contribution in [0.15, 0.2) is 30.6 Å². The van der Waals surface area contributed by atoms with Crippen LogP contribution in [-0.4, -0.2) is 53.9 Å². The molecule has 1 aromatic heterocycles. The van der Waals surface area contributed by atoms with Crippen LogP contribution in [0.1, 0.15) is 25.7 Å². The molecule has 2 fully saturated rings. The number of benzene rings is 1. The van der Waals surface area contributed by atoms with Crippen molar-refractivity contribution in [1.82, 2.24) is 15.3 Å². The average molecular weight is 357 g/mol. The number of ether oxygens (including phenoxy) is 3. The van der Waals surface area contributed by atoms with Crippen molar-refractivity contribution in [3.8, 4) is 5.88 Å². The Labute approximate surface area is 152 Å². The molecular formula is C19H23N3O4. The first kappa shape index (κ1) is 17.2. The first-order valence-corrected chi connectivity index (χ1v) is 9.08. The van der Waals surface area contributed by atoms with Crippen LogP contribution in [0.4, 0.5) is 0 Å². The fourth-order valence-corrected chi connectivity index (χ4v) is 3.74. The maximum atomic E-state index is 12.3. The van der Waals surface area contributed by atoms with Crippen molar-refractivity contribution in [3.63, 3.8) is 0 Å². The molecule has 4 rings (SSSR count). The number of carbonyl (C=O) groups is 1. The molecular weight excluding hydrogens is 334 g/mol. The van der Waals surface area contributed by atoms with Crippen LogP contribution < -0.4 is 10.1 Å². The number of nitrogens with zero attached hydrogens (tertiary/aromatic N) is 2. The van der Waals surface area contributed by atoms with Crippen LogP contribution >= 0.6 is 0 Å². The van der Waals surface area contributed by atoms with Crippen molar-refractivity contribution in [2.75, 3.05) is 26.4 Å². The zero-order chi connectivity index (χ0) is 17.8. The molecule has 0 saturated carbocycles. The van der Waals surface area contributed by atoms with Gasteiger partial charge in [-0.05, 0) is 37.8 Å². The quantitative estimate of drug-likeness (QED) is 0.899. The fraction of sp³-hybridized carbons (Fsp3) is 0.526. The van der Waals surface area contributed by atoms with Gasteiger partial charge in [0.2, 0.25) is 5.88 Å². The number of para-hydroxylation sites is 1. The van der Waals surface area contributed by atoms with Gasteiger partial charge in [0.05, 0.1) is 16.5 Å². The van der Waals surface area contributed by atoms with Gasteiger partial charge in [-0.3, -0.25) is 4.79 Å². The Balaban J connectivity index is 1.34. The van der Waals surface area contributed by atoms with Crippen molar-refractivity contribution in [2.24, 2.45) is 0 Å². The minimum Gasteiger partial charge on any atom is -0.467 e. The summed E-state index contributed by atoms with van der Waals surface area (Å²) in [5.41, 5.74) is 0.654. The molecule has 1 atom stereocenters. The summed E-state index contributed by atoms with van der Waals surface area (Å²) in [7, 11) is 0. The molecule has 26 heavy (non-hydrogen) atoms. The van der Waals surface area contributed by atoms with Crippen LogP contribution in [-0.2, 0) is 14.3 Å². The summed E-state index contributed by atoms with van der Waals surface area (Å²) in [5, 5.41) is 3.88. The van der Waals surface area contributed by atoms with Gasteiger partial charge in [0.25, 0.3) is 5.91 Å². The molecule has 2 aromatic rings. The molecule has 0 bridgehead atoms. The number of hydrogen-bond acceptors (Lipinski definition) is 6. The summed E-state index contributed by atoms with van der Waals surface area (Å²) < 4.78 is 17.1. The Morgan fingerprint density at radius 3 is 2.96 bits per heavy atom. The summed E-state index contributed by atoms with van der Waals surface area (Å²) in [6.07, 6.45) is 4.89. The van der Waals surface area contributed by atoms with Crippen LogP contribution in [0.3, 0.4) is 0 Å². The SMILES string of the molecule is O=C(COc1ncnc2ccccc12)N[C@@H]1CCOC2(CCOCC2)C1. The standard InChI is InChI=1S/C19H23N3O4/c23-17(12-25-18-15-3-1-2-4-16(15)20-13-21-18)22-14-5-8-26-19(11-14)6-9-24-10-7-19/h1-4,13-14H,5-12H2,(H,22,23)/t14-/m1/s1. The van der Waals surface area contributed by atoms with Crippen molar-refractivity contribution in [3.05, 3.63) is 30.6 Å². The van der Waals surface area contributed by atoms with Gasteiger partial charge in [-0.15, -0.1) is 0 Å². The summed E-state index contributed by atoms with van der Waals surface area (Å²) in [5.74, 6) is 0.292. The van der Waals surface area contributed by atoms with Crippen molar-refractivity contribution in [1.29, 1.82) is 0 Å². The van der Waals surface area contributed by atoms with Crippen molar-refractivity contribution in [2.45, 2.75) is 37.3 Å². The minimum absolute atomic E-state index is 0.0610. The second kappa shape index (κ2) is 7.55. The summed E-state index contributed by atoms with van der Waals surface area (Å²) in [6.45, 7) is 2.06. The molecule has 7 heteroatoms. The third-order valence-corrected chi connectivity index (χ3v) is 5.11. The smallest absolute Gasteiger partial charge is 0.258 e. The van der Waals surface area contributed by atoms with Gasteiger partial charge in [0.15, 0.2) is 6.61 Å². The Morgan fingerprint density at radius 1 is 1.23 bits per heavy atom. The summed E-state index contributed by atoms with van der Waals surface area (Å²) in [4.78, 5) is 20.7. The maximum absolute atomic E-state index is 12.3. The van der Waals surface area contributed by atoms with Crippen LogP contribution in [0, 0.1) is 0 Å². The molecule has 138 valence electrons. The highest BCUT2D eigenvalue weighted by Gasteiger charge is 2.39. The number of carbonyl (C=O) groups excluding carboxylic acids is 1. The van der Waals surface area contributed by atoms with Gasteiger partial charge in [-0.1, -0.05) is 12.1 Å². The van der Waals surface area contributed by atoms with E-state index < -0.39 is 0 Å². The second-order valence-electron chi connectivity index (χ2n) is 6.89. The van der Waals surface area contributed by atoms with E-state index in [0.29, 0.717) is 12.5 Å². The highest BCUT2D eigenvalue weighted by atomic mass is 16.5. The van der Waals surface area contributed by atoms with Crippen LogP contribution in [0.5, 0.6) is 5.88 Å². The predicted octanol–water partition coefficient (Wildman–Crippen LogP) is 1.85. The molecule has 1 aromatic carbocycles. The zero-order valence-corrected chi connectivity index (χ0v) is 14.6. The molecule has 1 amide bonds. The molecule has 3 heterocycles. The molecule has 2 aliphatic heterocycles. The summed E-state index contributed by atoms with van der Waals surface area (Å²) in [6, 6.07) is 7.69. The number of rotatable bonds is 4. The monoisotopic (exact) mass is 357 g/mol. The molecule has 0 radical (unpaired) electrons. The Bertz CT molecular complexity index is 765. The van der Waals surface area contributed by atoms with E-state index in [9.17, 15) is 4.79 Å². The van der Waals surface area contributed by atoms with E-state index in [1.165, 1.54) is 6.33 Å². The van der Waals surface area contributed by atoms with Crippen molar-refractivity contribution >= 4 is 16.8 Å².